The Bertz CT molecular complexity index is 1270. The van der Waals surface area contributed by atoms with E-state index in [1.165, 1.54) is 25.3 Å². The molecule has 0 aliphatic carbocycles. The Morgan fingerprint density at radius 1 is 1.19 bits per heavy atom. The number of hydrogen-bond donors (Lipinski definition) is 2. The van der Waals surface area contributed by atoms with Gasteiger partial charge < -0.3 is 24.6 Å². The summed E-state index contributed by atoms with van der Waals surface area (Å²) in [6.45, 7) is 3.41. The van der Waals surface area contributed by atoms with E-state index < -0.39 is 36.1 Å². The molecule has 10 heteroatoms. The molecular formula is C27H28FNO8. The first-order valence-electron chi connectivity index (χ1n) is 11.6. The lowest BCUT2D eigenvalue weighted by Crippen LogP contribution is -2.27. The second-order valence-corrected chi connectivity index (χ2v) is 8.56. The first-order chi connectivity index (χ1) is 17.6. The van der Waals surface area contributed by atoms with Gasteiger partial charge in [0, 0.05) is 29.7 Å². The zero-order chi connectivity index (χ0) is 27.1. The van der Waals surface area contributed by atoms with E-state index in [1.54, 1.807) is 26.0 Å². The number of methoxy groups -OCH3 is 1. The number of halogens is 1. The van der Waals surface area contributed by atoms with Crippen LogP contribution in [0, 0.1) is 12.7 Å². The quantitative estimate of drug-likeness (QED) is 0.201. The van der Waals surface area contributed by atoms with Gasteiger partial charge in [-0.2, -0.15) is 0 Å². The van der Waals surface area contributed by atoms with Crippen molar-refractivity contribution in [1.82, 2.24) is 5.32 Å². The Kier molecular flexibility index (Phi) is 9.00. The highest BCUT2D eigenvalue weighted by Gasteiger charge is 2.34. The molecule has 9 nitrogen and oxygen atoms in total. The number of aliphatic carboxylic acids is 1. The normalized spacial score (nSPS) is 12.5. The summed E-state index contributed by atoms with van der Waals surface area (Å²) in [7, 11) is 1.44. The third kappa shape index (κ3) is 6.72. The molecular weight excluding hydrogens is 485 g/mol. The van der Waals surface area contributed by atoms with E-state index in [1.807, 2.05) is 0 Å². The molecule has 0 saturated carbocycles. The van der Waals surface area contributed by atoms with Gasteiger partial charge in [0.25, 0.3) is 0 Å². The second kappa shape index (κ2) is 12.2. The van der Waals surface area contributed by atoms with Gasteiger partial charge in [-0.05, 0) is 38.3 Å². The van der Waals surface area contributed by atoms with Gasteiger partial charge in [-0.15, -0.1) is 0 Å². The van der Waals surface area contributed by atoms with E-state index >= 15 is 0 Å². The van der Waals surface area contributed by atoms with Crippen LogP contribution in [0.15, 0.2) is 35.9 Å². The number of esters is 2. The summed E-state index contributed by atoms with van der Waals surface area (Å²) in [5.74, 6) is -3.35. The first kappa shape index (κ1) is 27.4. The number of carboxylic acid groups (broad SMARTS) is 1. The van der Waals surface area contributed by atoms with Gasteiger partial charge in [0.1, 0.15) is 30.2 Å². The predicted molar refractivity (Wildman–Crippen MR) is 130 cm³/mol. The van der Waals surface area contributed by atoms with Crippen molar-refractivity contribution in [1.29, 1.82) is 0 Å². The van der Waals surface area contributed by atoms with Crippen molar-refractivity contribution in [2.45, 2.75) is 52.7 Å². The van der Waals surface area contributed by atoms with Crippen LogP contribution in [0.1, 0.15) is 58.8 Å². The van der Waals surface area contributed by atoms with Crippen molar-refractivity contribution in [3.05, 3.63) is 69.5 Å². The van der Waals surface area contributed by atoms with E-state index in [2.05, 4.69) is 5.32 Å². The van der Waals surface area contributed by atoms with Gasteiger partial charge in [-0.1, -0.05) is 29.8 Å². The Morgan fingerprint density at radius 3 is 2.59 bits per heavy atom. The first-order valence-corrected chi connectivity index (χ1v) is 11.6. The number of ether oxygens (including phenoxy) is 3. The lowest BCUT2D eigenvalue weighted by molar-refractivity contribution is -0.139. The smallest absolute Gasteiger partial charge is 0.342 e. The molecule has 0 spiro atoms. The maximum absolute atomic E-state index is 13.8. The number of cyclic esters (lactones) is 1. The molecule has 0 aromatic heterocycles. The SMILES string of the molecule is COc1c(C)c2c(c(OC(=O)CC(=O)NCc3ccccc3F)c1CC=C(C)CCC(=O)O)C(=O)OC2. The molecule has 196 valence electrons. The molecule has 2 aromatic carbocycles. The Labute approximate surface area is 213 Å². The monoisotopic (exact) mass is 513 g/mol. The van der Waals surface area contributed by atoms with E-state index in [9.17, 15) is 23.6 Å². The summed E-state index contributed by atoms with van der Waals surface area (Å²) >= 11 is 0. The van der Waals surface area contributed by atoms with E-state index in [-0.39, 0.29) is 42.9 Å². The van der Waals surface area contributed by atoms with Crippen LogP contribution < -0.4 is 14.8 Å². The fourth-order valence-corrected chi connectivity index (χ4v) is 3.98. The van der Waals surface area contributed by atoms with Gasteiger partial charge in [-0.3, -0.25) is 14.4 Å². The van der Waals surface area contributed by atoms with Crippen LogP contribution in [0.25, 0.3) is 0 Å². The topological polar surface area (TPSA) is 128 Å². The van der Waals surface area contributed by atoms with Crippen molar-refractivity contribution in [3.8, 4) is 11.5 Å². The lowest BCUT2D eigenvalue weighted by Gasteiger charge is -2.19. The number of nitrogens with one attached hydrogen (secondary N) is 1. The maximum atomic E-state index is 13.8. The number of benzene rings is 2. The lowest BCUT2D eigenvalue weighted by atomic mass is 9.94. The molecule has 2 aromatic rings. The minimum Gasteiger partial charge on any atom is -0.496 e. The predicted octanol–water partition coefficient (Wildman–Crippen LogP) is 3.78. The van der Waals surface area contributed by atoms with Crippen LogP contribution in [0.3, 0.4) is 0 Å². The number of fused-ring (bicyclic) bond motifs is 1. The van der Waals surface area contributed by atoms with Gasteiger partial charge in [0.2, 0.25) is 5.91 Å². The molecule has 37 heavy (non-hydrogen) atoms. The number of rotatable bonds is 11. The fraction of sp³-hybridized carbons (Fsp3) is 0.333. The largest absolute Gasteiger partial charge is 0.496 e. The third-order valence-corrected chi connectivity index (χ3v) is 5.97. The third-order valence-electron chi connectivity index (χ3n) is 5.97. The summed E-state index contributed by atoms with van der Waals surface area (Å²) in [6, 6.07) is 5.93. The number of carbonyl (C=O) groups is 4. The Hall–Kier alpha value is -4.21. The van der Waals surface area contributed by atoms with Gasteiger partial charge in [-0.25, -0.2) is 9.18 Å². The highest BCUT2D eigenvalue weighted by atomic mass is 19.1. The van der Waals surface area contributed by atoms with E-state index in [0.29, 0.717) is 28.9 Å². The molecule has 1 aliphatic heterocycles. The second-order valence-electron chi connectivity index (χ2n) is 8.56. The summed E-state index contributed by atoms with van der Waals surface area (Å²) in [5, 5.41) is 11.4. The van der Waals surface area contributed by atoms with E-state index in [4.69, 9.17) is 19.3 Å². The van der Waals surface area contributed by atoms with Crippen LogP contribution in [0.4, 0.5) is 4.39 Å². The molecule has 0 saturated heterocycles. The van der Waals surface area contributed by atoms with Crippen molar-refractivity contribution >= 4 is 23.8 Å². The number of hydrogen-bond acceptors (Lipinski definition) is 7. The summed E-state index contributed by atoms with van der Waals surface area (Å²) < 4.78 is 30.1. The summed E-state index contributed by atoms with van der Waals surface area (Å²) in [6.07, 6.45) is 1.56. The van der Waals surface area contributed by atoms with Crippen LogP contribution in [-0.4, -0.2) is 36.0 Å². The zero-order valence-electron chi connectivity index (χ0n) is 20.8. The molecule has 0 atom stereocenters. The number of carbonyl (C=O) groups excluding carboxylic acids is 3. The number of amides is 1. The van der Waals surface area contributed by atoms with Gasteiger partial charge in [0.15, 0.2) is 5.75 Å². The highest BCUT2D eigenvalue weighted by molar-refractivity contribution is 6.00. The molecule has 0 radical (unpaired) electrons. The molecule has 3 rings (SSSR count). The number of carboxylic acids is 1. The standard InChI is InChI=1S/C27H28FNO8/c1-15(9-11-22(31)32)8-10-18-25(35-3)16(2)19-14-36-27(34)24(19)26(18)37-23(33)12-21(30)29-13-17-6-4-5-7-20(17)28/h4-8H,9-14H2,1-3H3,(H,29,30)(H,31,32). The minimum atomic E-state index is -0.927. The van der Waals surface area contributed by atoms with Crippen molar-refractivity contribution in [3.63, 3.8) is 0 Å². The fourth-order valence-electron chi connectivity index (χ4n) is 3.98. The Morgan fingerprint density at radius 2 is 1.92 bits per heavy atom. The van der Waals surface area contributed by atoms with Crippen LogP contribution >= 0.6 is 0 Å². The van der Waals surface area contributed by atoms with Gasteiger partial charge in [0.05, 0.1) is 7.11 Å². The van der Waals surface area contributed by atoms with Crippen molar-refractivity contribution in [2.75, 3.05) is 7.11 Å². The molecule has 1 heterocycles. The van der Waals surface area contributed by atoms with Crippen molar-refractivity contribution in [2.24, 2.45) is 0 Å². The zero-order valence-corrected chi connectivity index (χ0v) is 20.8. The Balaban J connectivity index is 1.84. The highest BCUT2D eigenvalue weighted by Crippen LogP contribution is 2.43. The molecule has 0 fully saturated rings. The maximum Gasteiger partial charge on any atom is 0.342 e. The van der Waals surface area contributed by atoms with Crippen LogP contribution in [0.5, 0.6) is 11.5 Å². The van der Waals surface area contributed by atoms with E-state index in [0.717, 1.165) is 5.57 Å². The molecule has 2 N–H and O–H groups in total. The van der Waals surface area contributed by atoms with Crippen LogP contribution in [0.2, 0.25) is 0 Å². The summed E-state index contributed by atoms with van der Waals surface area (Å²) in [4.78, 5) is 48.5. The number of allylic oxidation sites excluding steroid dienone is 2. The average molecular weight is 514 g/mol. The molecule has 1 aliphatic rings. The molecule has 1 amide bonds. The molecule has 0 unspecified atom stereocenters. The van der Waals surface area contributed by atoms with Gasteiger partial charge >= 0.3 is 17.9 Å². The summed E-state index contributed by atoms with van der Waals surface area (Å²) in [5.41, 5.74) is 2.70. The van der Waals surface area contributed by atoms with Crippen LogP contribution in [-0.2, 0) is 38.7 Å². The molecule has 0 bridgehead atoms. The minimum absolute atomic E-state index is 0.0161. The van der Waals surface area contributed by atoms with Crippen molar-refractivity contribution < 1.29 is 42.9 Å². The average Bonchev–Trinajstić information content (AvgIpc) is 3.24.